The minimum atomic E-state index is -0.0929. The van der Waals surface area contributed by atoms with Gasteiger partial charge in [0, 0.05) is 19.0 Å². The summed E-state index contributed by atoms with van der Waals surface area (Å²) in [5.74, 6) is 0.0647. The monoisotopic (exact) mass is 206 g/mol. The molecule has 2 aliphatic rings. The van der Waals surface area contributed by atoms with Crippen LogP contribution in [0, 0.1) is 28.1 Å². The summed E-state index contributed by atoms with van der Waals surface area (Å²) >= 11 is 0. The van der Waals surface area contributed by atoms with E-state index in [9.17, 15) is 4.79 Å². The van der Waals surface area contributed by atoms with Crippen LogP contribution in [0.1, 0.15) is 34.1 Å². The molecule has 2 rings (SSSR count). The lowest BCUT2D eigenvalue weighted by molar-refractivity contribution is -0.128. The van der Waals surface area contributed by atoms with Crippen molar-refractivity contribution in [3.8, 4) is 6.07 Å². The molecular weight excluding hydrogens is 188 g/mol. The predicted molar refractivity (Wildman–Crippen MR) is 56.8 cm³/mol. The Labute approximate surface area is 91.1 Å². The maximum atomic E-state index is 11.8. The van der Waals surface area contributed by atoms with Crippen molar-refractivity contribution in [3.63, 3.8) is 0 Å². The van der Waals surface area contributed by atoms with E-state index in [4.69, 9.17) is 5.26 Å². The zero-order chi connectivity index (χ0) is 11.4. The summed E-state index contributed by atoms with van der Waals surface area (Å²) in [5, 5.41) is 8.84. The van der Waals surface area contributed by atoms with Crippen molar-refractivity contribution in [1.82, 2.24) is 4.90 Å². The quantitative estimate of drug-likeness (QED) is 0.656. The molecule has 0 radical (unpaired) electrons. The Morgan fingerprint density at radius 3 is 2.20 bits per heavy atom. The van der Waals surface area contributed by atoms with Crippen LogP contribution in [0.3, 0.4) is 0 Å². The summed E-state index contributed by atoms with van der Waals surface area (Å²) in [6.07, 6.45) is 0.416. The van der Waals surface area contributed by atoms with Gasteiger partial charge in [0.15, 0.2) is 0 Å². The van der Waals surface area contributed by atoms with Gasteiger partial charge in [-0.2, -0.15) is 5.26 Å². The standard InChI is InChI=1S/C12H18N2O/c1-11(2)10(12(11,3)4)14-7-8(6-13)5-9(14)15/h8,10H,5,7H2,1-4H3. The maximum absolute atomic E-state index is 11.8. The first kappa shape index (κ1) is 10.5. The van der Waals surface area contributed by atoms with Crippen molar-refractivity contribution in [2.24, 2.45) is 16.7 Å². The van der Waals surface area contributed by atoms with Crippen molar-refractivity contribution in [2.75, 3.05) is 6.54 Å². The van der Waals surface area contributed by atoms with Crippen molar-refractivity contribution < 1.29 is 4.79 Å². The molecule has 0 bridgehead atoms. The molecule has 1 saturated heterocycles. The number of hydrogen-bond acceptors (Lipinski definition) is 2. The number of nitriles is 1. The Hall–Kier alpha value is -1.04. The molecule has 0 spiro atoms. The Morgan fingerprint density at radius 2 is 1.87 bits per heavy atom. The van der Waals surface area contributed by atoms with Gasteiger partial charge in [-0.05, 0) is 10.8 Å². The molecule has 1 aliphatic carbocycles. The lowest BCUT2D eigenvalue weighted by atomic mass is 10.0. The Bertz CT molecular complexity index is 337. The normalized spacial score (nSPS) is 32.9. The van der Waals surface area contributed by atoms with E-state index in [1.165, 1.54) is 0 Å². The molecule has 0 aromatic heterocycles. The molecule has 1 amide bonds. The fourth-order valence-electron chi connectivity index (χ4n) is 3.01. The molecule has 82 valence electrons. The largest absolute Gasteiger partial charge is 0.337 e. The van der Waals surface area contributed by atoms with Gasteiger partial charge in [0.1, 0.15) is 0 Å². The van der Waals surface area contributed by atoms with E-state index in [2.05, 4.69) is 33.8 Å². The zero-order valence-corrected chi connectivity index (χ0v) is 9.87. The van der Waals surface area contributed by atoms with E-state index in [1.807, 2.05) is 4.90 Å². The molecule has 3 nitrogen and oxygen atoms in total. The second kappa shape index (κ2) is 2.75. The van der Waals surface area contributed by atoms with Gasteiger partial charge in [-0.25, -0.2) is 0 Å². The molecule has 3 heteroatoms. The smallest absolute Gasteiger partial charge is 0.224 e. The average Bonchev–Trinajstić information content (AvgIpc) is 2.46. The molecule has 0 N–H and O–H groups in total. The van der Waals surface area contributed by atoms with Gasteiger partial charge in [-0.3, -0.25) is 4.79 Å². The third kappa shape index (κ3) is 1.20. The highest BCUT2D eigenvalue weighted by molar-refractivity contribution is 5.80. The number of amides is 1. The molecule has 1 atom stereocenters. The van der Waals surface area contributed by atoms with Gasteiger partial charge in [0.25, 0.3) is 0 Å². The summed E-state index contributed by atoms with van der Waals surface area (Å²) in [6, 6.07) is 2.51. The highest BCUT2D eigenvalue weighted by Crippen LogP contribution is 2.65. The maximum Gasteiger partial charge on any atom is 0.224 e. The van der Waals surface area contributed by atoms with Crippen molar-refractivity contribution >= 4 is 5.91 Å². The topological polar surface area (TPSA) is 44.1 Å². The molecule has 1 heterocycles. The van der Waals surface area contributed by atoms with Gasteiger partial charge >= 0.3 is 0 Å². The number of likely N-dealkylation sites (tertiary alicyclic amines) is 1. The highest BCUT2D eigenvalue weighted by atomic mass is 16.2. The van der Waals surface area contributed by atoms with Gasteiger partial charge in [0.05, 0.1) is 12.0 Å². The molecule has 2 fully saturated rings. The molecule has 0 aromatic carbocycles. The fourth-order valence-corrected chi connectivity index (χ4v) is 3.01. The number of rotatable bonds is 1. The van der Waals surface area contributed by atoms with Gasteiger partial charge in [-0.15, -0.1) is 0 Å². The van der Waals surface area contributed by atoms with Crippen LogP contribution >= 0.6 is 0 Å². The van der Waals surface area contributed by atoms with Gasteiger partial charge in [0.2, 0.25) is 5.91 Å². The number of nitrogens with zero attached hydrogens (tertiary/aromatic N) is 2. The Balaban J connectivity index is 2.16. The fraction of sp³-hybridized carbons (Fsp3) is 0.833. The molecule has 1 unspecified atom stereocenters. The number of carbonyl (C=O) groups excluding carboxylic acids is 1. The first-order chi connectivity index (χ1) is 6.82. The highest BCUT2D eigenvalue weighted by Gasteiger charge is 2.68. The minimum Gasteiger partial charge on any atom is -0.337 e. The number of hydrogen-bond donors (Lipinski definition) is 0. The van der Waals surface area contributed by atoms with Crippen LogP contribution < -0.4 is 0 Å². The Morgan fingerprint density at radius 1 is 1.33 bits per heavy atom. The van der Waals surface area contributed by atoms with Crippen molar-refractivity contribution in [1.29, 1.82) is 5.26 Å². The second-order valence-electron chi connectivity index (χ2n) is 5.92. The van der Waals surface area contributed by atoms with Crippen LogP contribution in [0.25, 0.3) is 0 Å². The molecule has 15 heavy (non-hydrogen) atoms. The summed E-state index contributed by atoms with van der Waals surface area (Å²) in [4.78, 5) is 13.7. The molecule has 1 saturated carbocycles. The van der Waals surface area contributed by atoms with E-state index in [0.29, 0.717) is 19.0 Å². The molecule has 0 aromatic rings. The third-order valence-electron chi connectivity index (χ3n) is 4.60. The first-order valence-electron chi connectivity index (χ1n) is 5.51. The van der Waals surface area contributed by atoms with Crippen LogP contribution in [-0.4, -0.2) is 23.4 Å². The lowest BCUT2D eigenvalue weighted by Gasteiger charge is -2.18. The van der Waals surface area contributed by atoms with E-state index in [-0.39, 0.29) is 22.7 Å². The molecular formula is C12H18N2O. The van der Waals surface area contributed by atoms with Gasteiger partial charge < -0.3 is 4.90 Å². The van der Waals surface area contributed by atoms with E-state index < -0.39 is 0 Å². The zero-order valence-electron chi connectivity index (χ0n) is 9.87. The van der Waals surface area contributed by atoms with Crippen LogP contribution in [0.15, 0.2) is 0 Å². The summed E-state index contributed by atoms with van der Waals surface area (Å²) in [5.41, 5.74) is 0.375. The van der Waals surface area contributed by atoms with Gasteiger partial charge in [-0.1, -0.05) is 27.7 Å². The van der Waals surface area contributed by atoms with Crippen molar-refractivity contribution in [3.05, 3.63) is 0 Å². The summed E-state index contributed by atoms with van der Waals surface area (Å²) in [6.45, 7) is 9.43. The molecule has 1 aliphatic heterocycles. The van der Waals surface area contributed by atoms with Crippen LogP contribution in [0.2, 0.25) is 0 Å². The summed E-state index contributed by atoms with van der Waals surface area (Å²) in [7, 11) is 0. The minimum absolute atomic E-state index is 0.0929. The number of carbonyl (C=O) groups is 1. The lowest BCUT2D eigenvalue weighted by Crippen LogP contribution is -2.31. The average molecular weight is 206 g/mol. The van der Waals surface area contributed by atoms with Crippen LogP contribution in [0.5, 0.6) is 0 Å². The van der Waals surface area contributed by atoms with Crippen molar-refractivity contribution in [2.45, 2.75) is 40.2 Å². The second-order valence-corrected chi connectivity index (χ2v) is 5.92. The first-order valence-corrected chi connectivity index (χ1v) is 5.51. The predicted octanol–water partition coefficient (Wildman–Crippen LogP) is 1.79. The van der Waals surface area contributed by atoms with E-state index >= 15 is 0 Å². The van der Waals surface area contributed by atoms with Crippen LogP contribution in [0.4, 0.5) is 0 Å². The SMILES string of the molecule is CC1(C)C(N2CC(C#N)CC2=O)C1(C)C. The summed E-state index contributed by atoms with van der Waals surface area (Å²) < 4.78 is 0. The van der Waals surface area contributed by atoms with E-state index in [1.54, 1.807) is 0 Å². The third-order valence-corrected chi connectivity index (χ3v) is 4.60. The van der Waals surface area contributed by atoms with E-state index in [0.717, 1.165) is 0 Å². The van der Waals surface area contributed by atoms with Crippen LogP contribution in [-0.2, 0) is 4.79 Å². The Kier molecular flexibility index (Phi) is 1.92.